The van der Waals surface area contributed by atoms with Crippen molar-refractivity contribution in [2.45, 2.75) is 13.0 Å². The van der Waals surface area contributed by atoms with Crippen LogP contribution < -0.4 is 0 Å². The summed E-state index contributed by atoms with van der Waals surface area (Å²) >= 11 is 1.41. The zero-order valence-electron chi connectivity index (χ0n) is 10.9. The van der Waals surface area contributed by atoms with E-state index < -0.39 is 0 Å². The largest absolute Gasteiger partial charge is 0.337 e. The second kappa shape index (κ2) is 6.56. The van der Waals surface area contributed by atoms with Crippen molar-refractivity contribution in [1.29, 1.82) is 0 Å². The summed E-state index contributed by atoms with van der Waals surface area (Å²) in [6.07, 6.45) is 1.01. The number of thiophene rings is 1. The topological polar surface area (TPSA) is 72.3 Å². The second-order valence-electron chi connectivity index (χ2n) is 4.60. The molecule has 0 atom stereocenters. The van der Waals surface area contributed by atoms with Crippen molar-refractivity contribution in [1.82, 2.24) is 9.80 Å². The van der Waals surface area contributed by atoms with Crippen molar-refractivity contribution < 1.29 is 4.79 Å². The molecule has 2 rings (SSSR count). The van der Waals surface area contributed by atoms with E-state index in [-0.39, 0.29) is 5.91 Å². The molecular weight excluding hydrogens is 262 g/mol. The summed E-state index contributed by atoms with van der Waals surface area (Å²) in [6, 6.07) is 3.68. The number of hydrogen-bond acceptors (Lipinski definition) is 4. The van der Waals surface area contributed by atoms with Crippen LogP contribution in [0.2, 0.25) is 0 Å². The highest BCUT2D eigenvalue weighted by Gasteiger charge is 2.20. The Hall–Kier alpha value is -1.56. The molecule has 6 nitrogen and oxygen atoms in total. The van der Waals surface area contributed by atoms with Gasteiger partial charge in [-0.2, -0.15) is 0 Å². The second-order valence-corrected chi connectivity index (χ2v) is 5.77. The maximum atomic E-state index is 12.4. The number of rotatable bonds is 3. The predicted molar refractivity (Wildman–Crippen MR) is 75.2 cm³/mol. The molecule has 0 aliphatic carbocycles. The minimum Gasteiger partial charge on any atom is -0.337 e. The Morgan fingerprint density at radius 3 is 3.05 bits per heavy atom. The Kier molecular flexibility index (Phi) is 4.79. The van der Waals surface area contributed by atoms with E-state index in [1.54, 1.807) is 0 Å². The van der Waals surface area contributed by atoms with E-state index in [4.69, 9.17) is 5.53 Å². The highest BCUT2D eigenvalue weighted by molar-refractivity contribution is 7.14. The van der Waals surface area contributed by atoms with Gasteiger partial charge >= 0.3 is 0 Å². The fourth-order valence-electron chi connectivity index (χ4n) is 2.08. The van der Waals surface area contributed by atoms with Gasteiger partial charge in [-0.1, -0.05) is 5.11 Å². The van der Waals surface area contributed by atoms with Crippen LogP contribution in [0, 0.1) is 0 Å². The minimum atomic E-state index is 0.0903. The fraction of sp³-hybridized carbons (Fsp3) is 0.583. The maximum absolute atomic E-state index is 12.4. The van der Waals surface area contributed by atoms with E-state index in [1.165, 1.54) is 11.3 Å². The number of nitrogens with zero attached hydrogens (tertiary/aromatic N) is 5. The first-order chi connectivity index (χ1) is 9.20. The molecule has 102 valence electrons. The normalized spacial score (nSPS) is 16.8. The van der Waals surface area contributed by atoms with Crippen molar-refractivity contribution >= 4 is 17.2 Å². The number of azide groups is 1. The fourth-order valence-corrected chi connectivity index (χ4v) is 2.98. The molecule has 0 saturated carbocycles. The summed E-state index contributed by atoms with van der Waals surface area (Å²) in [7, 11) is 2.08. The third-order valence-corrected chi connectivity index (χ3v) is 4.23. The van der Waals surface area contributed by atoms with Gasteiger partial charge in [0.1, 0.15) is 0 Å². The van der Waals surface area contributed by atoms with Crippen molar-refractivity contribution in [3.63, 3.8) is 0 Å². The molecule has 19 heavy (non-hydrogen) atoms. The minimum absolute atomic E-state index is 0.0903. The number of carbonyl (C=O) groups is 1. The zero-order valence-corrected chi connectivity index (χ0v) is 11.8. The molecular formula is C12H17N5OS. The van der Waals surface area contributed by atoms with Gasteiger partial charge in [0.2, 0.25) is 0 Å². The summed E-state index contributed by atoms with van der Waals surface area (Å²) in [6.45, 7) is 3.86. The Morgan fingerprint density at radius 1 is 1.42 bits per heavy atom. The lowest BCUT2D eigenvalue weighted by atomic mass is 10.3. The molecule has 0 bridgehead atoms. The lowest BCUT2D eigenvalue weighted by Crippen LogP contribution is -2.34. The smallest absolute Gasteiger partial charge is 0.263 e. The maximum Gasteiger partial charge on any atom is 0.263 e. The molecule has 0 N–H and O–H groups in total. The van der Waals surface area contributed by atoms with Gasteiger partial charge in [0.25, 0.3) is 5.91 Å². The third-order valence-electron chi connectivity index (χ3n) is 3.17. The van der Waals surface area contributed by atoms with E-state index in [2.05, 4.69) is 22.0 Å². The van der Waals surface area contributed by atoms with Crippen molar-refractivity contribution in [2.24, 2.45) is 5.11 Å². The average molecular weight is 279 g/mol. The van der Waals surface area contributed by atoms with Crippen LogP contribution in [0.5, 0.6) is 0 Å². The summed E-state index contributed by atoms with van der Waals surface area (Å²) in [4.78, 5) is 20.9. The molecule has 1 aromatic heterocycles. The van der Waals surface area contributed by atoms with Gasteiger partial charge in [-0.3, -0.25) is 4.79 Å². The first kappa shape index (κ1) is 13.9. The lowest BCUT2D eigenvalue weighted by Gasteiger charge is -2.19. The average Bonchev–Trinajstić information content (AvgIpc) is 2.78. The van der Waals surface area contributed by atoms with E-state index in [9.17, 15) is 4.79 Å². The van der Waals surface area contributed by atoms with E-state index in [0.717, 1.165) is 42.4 Å². The quantitative estimate of drug-likeness (QED) is 0.484. The van der Waals surface area contributed by atoms with Crippen LogP contribution in [0.1, 0.15) is 21.0 Å². The Balaban J connectivity index is 2.02. The highest BCUT2D eigenvalue weighted by Crippen LogP contribution is 2.20. The van der Waals surface area contributed by atoms with Crippen LogP contribution in [0.4, 0.5) is 0 Å². The molecule has 1 fully saturated rings. The van der Waals surface area contributed by atoms with Crippen LogP contribution in [-0.2, 0) is 6.54 Å². The zero-order chi connectivity index (χ0) is 13.7. The summed E-state index contributed by atoms with van der Waals surface area (Å²) < 4.78 is 0. The van der Waals surface area contributed by atoms with Crippen LogP contribution in [0.3, 0.4) is 0 Å². The van der Waals surface area contributed by atoms with Gasteiger partial charge in [0.15, 0.2) is 0 Å². The molecule has 1 aliphatic heterocycles. The molecule has 0 spiro atoms. The van der Waals surface area contributed by atoms with Crippen molar-refractivity contribution in [3.05, 3.63) is 32.3 Å². The van der Waals surface area contributed by atoms with Gasteiger partial charge in [0.05, 0.1) is 11.4 Å². The lowest BCUT2D eigenvalue weighted by molar-refractivity contribution is 0.0767. The highest BCUT2D eigenvalue weighted by atomic mass is 32.1. The number of amides is 1. The Labute approximate surface area is 116 Å². The van der Waals surface area contributed by atoms with Gasteiger partial charge in [0, 0.05) is 29.4 Å². The SMILES string of the molecule is CN1CCCN(C(=O)c2ccc(CN=[N+]=[N-])s2)CC1. The molecule has 1 aromatic rings. The number of carbonyl (C=O) groups excluding carboxylic acids is 1. The summed E-state index contributed by atoms with van der Waals surface area (Å²) in [5.41, 5.74) is 8.29. The molecule has 0 unspecified atom stereocenters. The first-order valence-electron chi connectivity index (χ1n) is 6.28. The number of likely N-dealkylation sites (N-methyl/N-ethyl adjacent to an activating group) is 1. The summed E-state index contributed by atoms with van der Waals surface area (Å²) in [5.74, 6) is 0.0903. The molecule has 2 heterocycles. The van der Waals surface area contributed by atoms with Crippen LogP contribution in [0.25, 0.3) is 10.4 Å². The van der Waals surface area contributed by atoms with Gasteiger partial charge < -0.3 is 9.80 Å². The van der Waals surface area contributed by atoms with Crippen LogP contribution in [-0.4, -0.2) is 48.9 Å². The summed E-state index contributed by atoms with van der Waals surface area (Å²) in [5, 5.41) is 3.51. The molecule has 0 aromatic carbocycles. The molecule has 7 heteroatoms. The van der Waals surface area contributed by atoms with Gasteiger partial charge in [-0.15, -0.1) is 11.3 Å². The monoisotopic (exact) mass is 279 g/mol. The van der Waals surface area contributed by atoms with Crippen molar-refractivity contribution in [3.8, 4) is 0 Å². The van der Waals surface area contributed by atoms with E-state index in [1.807, 2.05) is 17.0 Å². The van der Waals surface area contributed by atoms with E-state index >= 15 is 0 Å². The molecule has 1 amide bonds. The van der Waals surface area contributed by atoms with Gasteiger partial charge in [-0.05, 0) is 37.7 Å². The van der Waals surface area contributed by atoms with E-state index in [0.29, 0.717) is 6.54 Å². The molecule has 1 aliphatic rings. The number of hydrogen-bond donors (Lipinski definition) is 0. The molecule has 1 saturated heterocycles. The van der Waals surface area contributed by atoms with Crippen molar-refractivity contribution in [2.75, 3.05) is 33.2 Å². The Bertz CT molecular complexity index is 494. The van der Waals surface area contributed by atoms with Gasteiger partial charge in [-0.25, -0.2) is 0 Å². The standard InChI is InChI=1S/C12H17N5OS/c1-16-5-2-6-17(8-7-16)12(18)11-4-3-10(19-11)9-14-15-13/h3-4H,2,5-9H2,1H3. The van der Waals surface area contributed by atoms with Crippen LogP contribution in [0.15, 0.2) is 17.2 Å². The first-order valence-corrected chi connectivity index (χ1v) is 7.10. The predicted octanol–water partition coefficient (Wildman–Crippen LogP) is 2.34. The van der Waals surface area contributed by atoms with Crippen LogP contribution >= 0.6 is 11.3 Å². The third kappa shape index (κ3) is 3.70. The Morgan fingerprint density at radius 2 is 2.26 bits per heavy atom. The molecule has 0 radical (unpaired) electrons.